The average molecular weight is 396 g/mol. The zero-order valence-electron chi connectivity index (χ0n) is 15.1. The van der Waals surface area contributed by atoms with Gasteiger partial charge in [-0.3, -0.25) is 10.2 Å². The topological polar surface area (TPSA) is 97.4 Å². The van der Waals surface area contributed by atoms with Crippen LogP contribution in [0.3, 0.4) is 0 Å². The molecule has 0 bridgehead atoms. The van der Waals surface area contributed by atoms with Gasteiger partial charge in [-0.15, -0.1) is 12.4 Å². The highest BCUT2D eigenvalue weighted by Gasteiger charge is 2.24. The first-order valence-corrected chi connectivity index (χ1v) is 8.12. The number of amides is 1. The number of rotatable bonds is 8. The van der Waals surface area contributed by atoms with Gasteiger partial charge in [0.15, 0.2) is 6.10 Å². The quantitative estimate of drug-likeness (QED) is 0.473. The predicted octanol–water partition coefficient (Wildman–Crippen LogP) is 2.93. The highest BCUT2D eigenvalue weighted by atomic mass is 35.5. The summed E-state index contributed by atoms with van der Waals surface area (Å²) < 4.78 is 24.7. The van der Waals surface area contributed by atoms with E-state index in [1.807, 2.05) is 0 Å². The van der Waals surface area contributed by atoms with Gasteiger partial charge >= 0.3 is 0 Å². The Balaban J connectivity index is 0.00000364. The van der Waals surface area contributed by atoms with E-state index in [1.54, 1.807) is 37.3 Å². The van der Waals surface area contributed by atoms with Gasteiger partial charge in [-0.25, -0.2) is 4.39 Å². The molecule has 0 fully saturated rings. The zero-order valence-corrected chi connectivity index (χ0v) is 15.9. The second-order valence-electron chi connectivity index (χ2n) is 5.55. The molecule has 8 heteroatoms. The van der Waals surface area contributed by atoms with Crippen molar-refractivity contribution in [3.8, 4) is 5.75 Å². The first kappa shape index (κ1) is 22.4. The van der Waals surface area contributed by atoms with Crippen molar-refractivity contribution in [3.05, 3.63) is 65.0 Å². The number of hydrogen-bond acceptors (Lipinski definition) is 4. The van der Waals surface area contributed by atoms with Gasteiger partial charge in [-0.05, 0) is 24.6 Å². The molecule has 0 aliphatic heterocycles. The lowest BCUT2D eigenvalue weighted by molar-refractivity contribution is -0.133. The third-order valence-electron chi connectivity index (χ3n) is 3.79. The second kappa shape index (κ2) is 10.5. The molecule has 27 heavy (non-hydrogen) atoms. The third-order valence-corrected chi connectivity index (χ3v) is 3.79. The standard InChI is InChI=1S/C19H22FN3O3.ClH/c1-3-26-17(15-9-8-14(25-2)10-16(15)20)19(24)23-11-12-4-6-13(7-5-12)18(21)22;/h4-10,17H,3,11H2,1-2H3,(H3,21,22)(H,23,24);1H/t17-;/m1./s1. The van der Waals surface area contributed by atoms with E-state index in [0.29, 0.717) is 11.3 Å². The molecular weight excluding hydrogens is 373 g/mol. The minimum absolute atomic E-state index is 0. The molecule has 0 saturated carbocycles. The molecule has 6 nitrogen and oxygen atoms in total. The van der Waals surface area contributed by atoms with Crippen molar-refractivity contribution in [3.63, 3.8) is 0 Å². The van der Waals surface area contributed by atoms with Gasteiger partial charge in [0.25, 0.3) is 5.91 Å². The van der Waals surface area contributed by atoms with Gasteiger partial charge in [0.05, 0.1) is 7.11 Å². The Bertz CT molecular complexity index is 784. The average Bonchev–Trinajstić information content (AvgIpc) is 2.64. The van der Waals surface area contributed by atoms with Crippen LogP contribution in [0.15, 0.2) is 42.5 Å². The van der Waals surface area contributed by atoms with Crippen LogP contribution in [0.5, 0.6) is 5.75 Å². The normalized spacial score (nSPS) is 11.2. The summed E-state index contributed by atoms with van der Waals surface area (Å²) in [7, 11) is 1.44. The fraction of sp³-hybridized carbons (Fsp3) is 0.263. The molecule has 0 saturated heterocycles. The summed E-state index contributed by atoms with van der Waals surface area (Å²) in [6, 6.07) is 11.2. The number of halogens is 2. The maximum absolute atomic E-state index is 14.3. The van der Waals surface area contributed by atoms with Crippen molar-refractivity contribution in [1.29, 1.82) is 5.41 Å². The summed E-state index contributed by atoms with van der Waals surface area (Å²) in [5, 5.41) is 10.1. The summed E-state index contributed by atoms with van der Waals surface area (Å²) in [5.74, 6) is -0.658. The Hall–Kier alpha value is -2.64. The van der Waals surface area contributed by atoms with Crippen molar-refractivity contribution in [2.45, 2.75) is 19.6 Å². The van der Waals surface area contributed by atoms with E-state index in [1.165, 1.54) is 19.2 Å². The lowest BCUT2D eigenvalue weighted by Crippen LogP contribution is -2.31. The van der Waals surface area contributed by atoms with E-state index in [0.717, 1.165) is 5.56 Å². The van der Waals surface area contributed by atoms with Crippen molar-refractivity contribution in [2.75, 3.05) is 13.7 Å². The Labute approximate surface area is 163 Å². The molecule has 0 spiro atoms. The first-order valence-electron chi connectivity index (χ1n) is 8.12. The van der Waals surface area contributed by atoms with Crippen LogP contribution in [0, 0.1) is 11.2 Å². The molecule has 1 atom stereocenters. The lowest BCUT2D eigenvalue weighted by Gasteiger charge is -2.18. The van der Waals surface area contributed by atoms with Crippen molar-refractivity contribution in [1.82, 2.24) is 5.32 Å². The molecule has 2 rings (SSSR count). The SMILES string of the molecule is CCO[C@@H](C(=O)NCc1ccc(C(=N)N)cc1)c1ccc(OC)cc1F.Cl. The number of carbonyl (C=O) groups is 1. The molecule has 2 aromatic carbocycles. The Morgan fingerprint density at radius 1 is 1.26 bits per heavy atom. The summed E-state index contributed by atoms with van der Waals surface area (Å²) in [4.78, 5) is 12.5. The highest BCUT2D eigenvalue weighted by Crippen LogP contribution is 2.25. The maximum atomic E-state index is 14.3. The van der Waals surface area contributed by atoms with Gasteiger partial charge in [-0.1, -0.05) is 24.3 Å². The van der Waals surface area contributed by atoms with Crippen LogP contribution in [-0.4, -0.2) is 25.5 Å². The minimum atomic E-state index is -1.05. The predicted molar refractivity (Wildman–Crippen MR) is 104 cm³/mol. The fourth-order valence-corrected chi connectivity index (χ4v) is 2.40. The Kier molecular flexibility index (Phi) is 8.71. The number of amidine groups is 1. The monoisotopic (exact) mass is 395 g/mol. The fourth-order valence-electron chi connectivity index (χ4n) is 2.40. The molecular formula is C19H23ClFN3O3. The van der Waals surface area contributed by atoms with Gasteiger partial charge in [0.2, 0.25) is 0 Å². The minimum Gasteiger partial charge on any atom is -0.497 e. The number of hydrogen-bond donors (Lipinski definition) is 3. The van der Waals surface area contributed by atoms with Crippen LogP contribution in [-0.2, 0) is 16.1 Å². The van der Waals surface area contributed by atoms with Gasteiger partial charge in [0.1, 0.15) is 17.4 Å². The van der Waals surface area contributed by atoms with E-state index in [9.17, 15) is 9.18 Å². The third kappa shape index (κ3) is 5.94. The molecule has 2 aromatic rings. The van der Waals surface area contributed by atoms with E-state index < -0.39 is 17.8 Å². The van der Waals surface area contributed by atoms with E-state index >= 15 is 0 Å². The first-order chi connectivity index (χ1) is 12.5. The van der Waals surface area contributed by atoms with E-state index in [4.69, 9.17) is 20.6 Å². The molecule has 0 aliphatic rings. The number of methoxy groups -OCH3 is 1. The molecule has 0 radical (unpaired) electrons. The van der Waals surface area contributed by atoms with Gasteiger partial charge in [0, 0.05) is 30.3 Å². The van der Waals surface area contributed by atoms with Crippen LogP contribution >= 0.6 is 12.4 Å². The van der Waals surface area contributed by atoms with E-state index in [2.05, 4.69) is 5.32 Å². The molecule has 1 amide bonds. The number of nitrogens with two attached hydrogens (primary N) is 1. The van der Waals surface area contributed by atoms with Crippen LogP contribution in [0.1, 0.15) is 29.7 Å². The largest absolute Gasteiger partial charge is 0.497 e. The van der Waals surface area contributed by atoms with Gasteiger partial charge < -0.3 is 20.5 Å². The molecule has 4 N–H and O–H groups in total. The zero-order chi connectivity index (χ0) is 19.1. The van der Waals surface area contributed by atoms with Crippen molar-refractivity contribution >= 4 is 24.1 Å². The Morgan fingerprint density at radius 3 is 2.44 bits per heavy atom. The molecule has 0 aliphatic carbocycles. The van der Waals surface area contributed by atoms with Crippen LogP contribution in [0.4, 0.5) is 4.39 Å². The second-order valence-corrected chi connectivity index (χ2v) is 5.55. The van der Waals surface area contributed by atoms with Gasteiger partial charge in [-0.2, -0.15) is 0 Å². The number of ether oxygens (including phenoxy) is 2. The number of carbonyl (C=O) groups excluding carboxylic acids is 1. The van der Waals surface area contributed by atoms with Crippen LogP contribution < -0.4 is 15.8 Å². The number of nitrogens with one attached hydrogen (secondary N) is 2. The number of nitrogen functional groups attached to an aromatic ring is 1. The smallest absolute Gasteiger partial charge is 0.254 e. The Morgan fingerprint density at radius 2 is 1.93 bits per heavy atom. The van der Waals surface area contributed by atoms with Crippen LogP contribution in [0.25, 0.3) is 0 Å². The maximum Gasteiger partial charge on any atom is 0.254 e. The molecule has 0 heterocycles. The molecule has 0 aromatic heterocycles. The molecule has 0 unspecified atom stereocenters. The van der Waals surface area contributed by atoms with Crippen molar-refractivity contribution in [2.24, 2.45) is 5.73 Å². The summed E-state index contributed by atoms with van der Waals surface area (Å²) in [5.41, 5.74) is 6.99. The summed E-state index contributed by atoms with van der Waals surface area (Å²) in [6.45, 7) is 2.25. The summed E-state index contributed by atoms with van der Waals surface area (Å²) >= 11 is 0. The van der Waals surface area contributed by atoms with E-state index in [-0.39, 0.29) is 37.0 Å². The van der Waals surface area contributed by atoms with Crippen molar-refractivity contribution < 1.29 is 18.7 Å². The lowest BCUT2D eigenvalue weighted by atomic mass is 10.1. The summed E-state index contributed by atoms with van der Waals surface area (Å²) in [6.07, 6.45) is -1.05. The van der Waals surface area contributed by atoms with Crippen LogP contribution in [0.2, 0.25) is 0 Å². The highest BCUT2D eigenvalue weighted by molar-refractivity contribution is 5.94. The molecule has 146 valence electrons. The number of benzene rings is 2.